The molecule has 21 heavy (non-hydrogen) atoms. The van der Waals surface area contributed by atoms with Gasteiger partial charge in [-0.1, -0.05) is 12.8 Å². The van der Waals surface area contributed by atoms with E-state index < -0.39 is 0 Å². The Hall–Kier alpha value is -1.62. The van der Waals surface area contributed by atoms with Crippen molar-refractivity contribution >= 4 is 5.91 Å². The SMILES string of the molecule is COc1ncccc1C(=O)NCCCN1CCCCCC1. The van der Waals surface area contributed by atoms with Crippen molar-refractivity contribution in [1.29, 1.82) is 0 Å². The van der Waals surface area contributed by atoms with Crippen LogP contribution < -0.4 is 10.1 Å². The van der Waals surface area contributed by atoms with E-state index in [4.69, 9.17) is 4.74 Å². The standard InChI is InChI=1S/C16H25N3O2/c1-21-16-14(8-6-9-18-16)15(20)17-10-7-13-19-11-4-2-3-5-12-19/h6,8-9H,2-5,7,10-13H2,1H3,(H,17,20). The van der Waals surface area contributed by atoms with Crippen LogP contribution in [0.15, 0.2) is 18.3 Å². The fourth-order valence-corrected chi connectivity index (χ4v) is 2.69. The Kier molecular flexibility index (Phi) is 6.47. The van der Waals surface area contributed by atoms with E-state index in [1.807, 2.05) is 0 Å². The fourth-order valence-electron chi connectivity index (χ4n) is 2.69. The summed E-state index contributed by atoms with van der Waals surface area (Å²) >= 11 is 0. The van der Waals surface area contributed by atoms with Gasteiger partial charge in [-0.25, -0.2) is 4.98 Å². The van der Waals surface area contributed by atoms with E-state index in [0.29, 0.717) is 18.0 Å². The third-order valence-electron chi connectivity index (χ3n) is 3.84. The van der Waals surface area contributed by atoms with Crippen molar-refractivity contribution in [1.82, 2.24) is 15.2 Å². The van der Waals surface area contributed by atoms with Crippen LogP contribution in [0.2, 0.25) is 0 Å². The second-order valence-electron chi connectivity index (χ2n) is 5.43. The largest absolute Gasteiger partial charge is 0.480 e. The van der Waals surface area contributed by atoms with Crippen LogP contribution in [0.25, 0.3) is 0 Å². The highest BCUT2D eigenvalue weighted by atomic mass is 16.5. The lowest BCUT2D eigenvalue weighted by Crippen LogP contribution is -2.30. The number of carbonyl (C=O) groups excluding carboxylic acids is 1. The molecule has 1 fully saturated rings. The molecule has 0 atom stereocenters. The molecule has 5 nitrogen and oxygen atoms in total. The summed E-state index contributed by atoms with van der Waals surface area (Å²) in [6.07, 6.45) is 7.92. The highest BCUT2D eigenvalue weighted by molar-refractivity contribution is 5.96. The van der Waals surface area contributed by atoms with Gasteiger partial charge in [-0.2, -0.15) is 0 Å². The third-order valence-corrected chi connectivity index (χ3v) is 3.84. The molecule has 0 aliphatic carbocycles. The summed E-state index contributed by atoms with van der Waals surface area (Å²) in [6, 6.07) is 3.48. The summed E-state index contributed by atoms with van der Waals surface area (Å²) in [5.74, 6) is 0.262. The van der Waals surface area contributed by atoms with Crippen LogP contribution >= 0.6 is 0 Å². The zero-order valence-electron chi connectivity index (χ0n) is 12.8. The van der Waals surface area contributed by atoms with Crippen molar-refractivity contribution in [3.63, 3.8) is 0 Å². The topological polar surface area (TPSA) is 54.5 Å². The van der Waals surface area contributed by atoms with Gasteiger partial charge in [0.05, 0.1) is 7.11 Å². The summed E-state index contributed by atoms with van der Waals surface area (Å²) in [5.41, 5.74) is 0.495. The van der Waals surface area contributed by atoms with Crippen LogP contribution in [0.3, 0.4) is 0 Å². The Morgan fingerprint density at radius 1 is 1.33 bits per heavy atom. The first-order valence-corrected chi connectivity index (χ1v) is 7.81. The molecule has 1 aromatic heterocycles. The Balaban J connectivity index is 1.71. The van der Waals surface area contributed by atoms with E-state index in [1.165, 1.54) is 45.9 Å². The van der Waals surface area contributed by atoms with Gasteiger partial charge in [0.15, 0.2) is 0 Å². The molecule has 1 aliphatic rings. The van der Waals surface area contributed by atoms with Crippen LogP contribution in [0.4, 0.5) is 0 Å². The third kappa shape index (κ3) is 5.01. The molecule has 116 valence electrons. The molecule has 1 aromatic rings. The van der Waals surface area contributed by atoms with E-state index in [2.05, 4.69) is 15.2 Å². The molecule has 0 spiro atoms. The number of aromatic nitrogens is 1. The molecule has 0 saturated carbocycles. The van der Waals surface area contributed by atoms with Crippen LogP contribution in [0.1, 0.15) is 42.5 Å². The van der Waals surface area contributed by atoms with Crippen molar-refractivity contribution in [3.8, 4) is 5.88 Å². The Bertz CT molecular complexity index is 443. The van der Waals surface area contributed by atoms with Gasteiger partial charge in [0.2, 0.25) is 5.88 Å². The van der Waals surface area contributed by atoms with Crippen molar-refractivity contribution in [3.05, 3.63) is 23.9 Å². The van der Waals surface area contributed by atoms with Gasteiger partial charge in [0.25, 0.3) is 5.91 Å². The number of carbonyl (C=O) groups is 1. The van der Waals surface area contributed by atoms with Crippen molar-refractivity contribution in [2.75, 3.05) is 33.3 Å². The minimum absolute atomic E-state index is 0.115. The molecule has 0 radical (unpaired) electrons. The van der Waals surface area contributed by atoms with Crippen LogP contribution in [-0.4, -0.2) is 49.1 Å². The number of hydrogen-bond donors (Lipinski definition) is 1. The molecule has 1 saturated heterocycles. The van der Waals surface area contributed by atoms with Gasteiger partial charge in [-0.05, 0) is 51.0 Å². The van der Waals surface area contributed by atoms with Crippen molar-refractivity contribution in [2.45, 2.75) is 32.1 Å². The van der Waals surface area contributed by atoms with Crippen LogP contribution in [0.5, 0.6) is 5.88 Å². The maximum atomic E-state index is 12.1. The maximum absolute atomic E-state index is 12.1. The molecule has 1 N–H and O–H groups in total. The highest BCUT2D eigenvalue weighted by Gasteiger charge is 2.12. The number of nitrogens with one attached hydrogen (secondary N) is 1. The first-order valence-electron chi connectivity index (χ1n) is 7.81. The number of methoxy groups -OCH3 is 1. The lowest BCUT2D eigenvalue weighted by atomic mass is 10.2. The summed E-state index contributed by atoms with van der Waals surface area (Å²) < 4.78 is 5.10. The minimum Gasteiger partial charge on any atom is -0.480 e. The summed E-state index contributed by atoms with van der Waals surface area (Å²) in [7, 11) is 1.53. The maximum Gasteiger partial charge on any atom is 0.256 e. The number of nitrogens with zero attached hydrogens (tertiary/aromatic N) is 2. The Morgan fingerprint density at radius 2 is 2.10 bits per heavy atom. The van der Waals surface area contributed by atoms with E-state index in [-0.39, 0.29) is 5.91 Å². The summed E-state index contributed by atoms with van der Waals surface area (Å²) in [6.45, 7) is 4.15. The molecule has 1 amide bonds. The zero-order valence-corrected chi connectivity index (χ0v) is 12.8. The van der Waals surface area contributed by atoms with Crippen molar-refractivity contribution < 1.29 is 9.53 Å². The normalized spacial score (nSPS) is 16.2. The van der Waals surface area contributed by atoms with E-state index in [1.54, 1.807) is 18.3 Å². The second-order valence-corrected chi connectivity index (χ2v) is 5.43. The smallest absolute Gasteiger partial charge is 0.256 e. The van der Waals surface area contributed by atoms with E-state index >= 15 is 0 Å². The van der Waals surface area contributed by atoms with Gasteiger partial charge in [-0.3, -0.25) is 4.79 Å². The average molecular weight is 291 g/mol. The quantitative estimate of drug-likeness (QED) is 0.815. The molecular formula is C16H25N3O2. The molecule has 0 bridgehead atoms. The van der Waals surface area contributed by atoms with Gasteiger partial charge < -0.3 is 15.0 Å². The van der Waals surface area contributed by atoms with Gasteiger partial charge >= 0.3 is 0 Å². The number of ether oxygens (including phenoxy) is 1. The van der Waals surface area contributed by atoms with E-state index in [9.17, 15) is 4.79 Å². The van der Waals surface area contributed by atoms with Crippen molar-refractivity contribution in [2.24, 2.45) is 0 Å². The monoisotopic (exact) mass is 291 g/mol. The van der Waals surface area contributed by atoms with Gasteiger partial charge in [-0.15, -0.1) is 0 Å². The van der Waals surface area contributed by atoms with Crippen LogP contribution in [-0.2, 0) is 0 Å². The second kappa shape index (κ2) is 8.62. The van der Waals surface area contributed by atoms with Gasteiger partial charge in [0, 0.05) is 12.7 Å². The van der Waals surface area contributed by atoms with Crippen LogP contribution in [0, 0.1) is 0 Å². The fraction of sp³-hybridized carbons (Fsp3) is 0.625. The number of rotatable bonds is 6. The lowest BCUT2D eigenvalue weighted by Gasteiger charge is -2.19. The molecule has 5 heteroatoms. The Morgan fingerprint density at radius 3 is 2.81 bits per heavy atom. The zero-order chi connectivity index (χ0) is 14.9. The summed E-state index contributed by atoms with van der Waals surface area (Å²) in [5, 5.41) is 2.94. The number of pyridine rings is 1. The predicted molar refractivity (Wildman–Crippen MR) is 82.6 cm³/mol. The minimum atomic E-state index is -0.115. The summed E-state index contributed by atoms with van der Waals surface area (Å²) in [4.78, 5) is 18.6. The first kappa shape index (κ1) is 15.8. The molecule has 0 unspecified atom stereocenters. The molecular weight excluding hydrogens is 266 g/mol. The Labute approximate surface area is 126 Å². The number of likely N-dealkylation sites (tertiary alicyclic amines) is 1. The first-order chi connectivity index (χ1) is 10.3. The van der Waals surface area contributed by atoms with E-state index in [0.717, 1.165) is 13.0 Å². The average Bonchev–Trinajstić information content (AvgIpc) is 2.80. The predicted octanol–water partition coefficient (Wildman–Crippen LogP) is 2.09. The number of amides is 1. The molecule has 1 aliphatic heterocycles. The van der Waals surface area contributed by atoms with Gasteiger partial charge in [0.1, 0.15) is 5.56 Å². The number of hydrogen-bond acceptors (Lipinski definition) is 4. The molecule has 2 heterocycles. The highest BCUT2D eigenvalue weighted by Crippen LogP contribution is 2.13. The lowest BCUT2D eigenvalue weighted by molar-refractivity contribution is 0.0948. The molecule has 2 rings (SSSR count). The molecule has 0 aromatic carbocycles.